The van der Waals surface area contributed by atoms with Gasteiger partial charge < -0.3 is 10.4 Å². The topological polar surface area (TPSA) is 104 Å². The molecular weight excluding hydrogens is 404 g/mol. The Bertz CT molecular complexity index is 1160. The van der Waals surface area contributed by atoms with E-state index in [0.717, 1.165) is 9.87 Å². The Kier molecular flexibility index (Phi) is 6.17. The van der Waals surface area contributed by atoms with E-state index in [1.165, 1.54) is 31.2 Å². The van der Waals surface area contributed by atoms with Crippen LogP contribution in [-0.4, -0.2) is 31.9 Å². The zero-order valence-electron chi connectivity index (χ0n) is 16.1. The molecule has 0 atom stereocenters. The van der Waals surface area contributed by atoms with E-state index in [-0.39, 0.29) is 16.5 Å². The summed E-state index contributed by atoms with van der Waals surface area (Å²) in [6.07, 6.45) is 0. The number of benzene rings is 3. The molecule has 0 heterocycles. The number of sulfonamides is 1. The first-order chi connectivity index (χ1) is 14.3. The van der Waals surface area contributed by atoms with Gasteiger partial charge in [-0.05, 0) is 35.9 Å². The van der Waals surface area contributed by atoms with E-state index >= 15 is 0 Å². The van der Waals surface area contributed by atoms with E-state index in [1.54, 1.807) is 24.3 Å². The van der Waals surface area contributed by atoms with E-state index in [0.29, 0.717) is 11.3 Å². The van der Waals surface area contributed by atoms with Gasteiger partial charge in [0.25, 0.3) is 10.0 Å². The first kappa shape index (κ1) is 21.1. The van der Waals surface area contributed by atoms with Gasteiger partial charge in [0.15, 0.2) is 0 Å². The van der Waals surface area contributed by atoms with Gasteiger partial charge in [0.05, 0.1) is 10.6 Å². The highest BCUT2D eigenvalue weighted by atomic mass is 32.2. The van der Waals surface area contributed by atoms with Crippen LogP contribution in [-0.2, 0) is 19.6 Å². The Balaban J connectivity index is 2.09. The van der Waals surface area contributed by atoms with Gasteiger partial charge in [-0.25, -0.2) is 8.42 Å². The maximum Gasteiger partial charge on any atom is 0.324 e. The molecule has 7 nitrogen and oxygen atoms in total. The number of carbonyl (C=O) groups excluding carboxylic acids is 1. The molecule has 0 unspecified atom stereocenters. The molecule has 3 rings (SSSR count). The third-order valence-electron chi connectivity index (χ3n) is 4.30. The summed E-state index contributed by atoms with van der Waals surface area (Å²) in [7, 11) is -4.19. The fourth-order valence-electron chi connectivity index (χ4n) is 3.02. The van der Waals surface area contributed by atoms with Gasteiger partial charge in [0.1, 0.15) is 6.54 Å². The van der Waals surface area contributed by atoms with Crippen LogP contribution >= 0.6 is 0 Å². The first-order valence-electron chi connectivity index (χ1n) is 9.05. The predicted octanol–water partition coefficient (Wildman–Crippen LogP) is 3.59. The Morgan fingerprint density at radius 1 is 0.900 bits per heavy atom. The number of rotatable bonds is 7. The standard InChI is InChI=1S/C22H20N2O5S/c1-16(25)23-18-11-13-19(14-12-18)30(28,29)24(15-22(26)27)21-10-6-5-9-20(21)17-7-3-2-4-8-17/h2-14H,15H2,1H3,(H,23,25)(H,26,27). The molecule has 0 aliphatic rings. The molecule has 3 aromatic carbocycles. The van der Waals surface area contributed by atoms with Crippen molar-refractivity contribution in [2.45, 2.75) is 11.8 Å². The van der Waals surface area contributed by atoms with Crippen LogP contribution in [0.2, 0.25) is 0 Å². The second kappa shape index (κ2) is 8.79. The number of anilines is 2. The van der Waals surface area contributed by atoms with Gasteiger partial charge in [-0.1, -0.05) is 48.5 Å². The van der Waals surface area contributed by atoms with Gasteiger partial charge in [-0.15, -0.1) is 0 Å². The van der Waals surface area contributed by atoms with Crippen LogP contribution in [0.3, 0.4) is 0 Å². The Hall–Kier alpha value is -3.65. The highest BCUT2D eigenvalue weighted by Crippen LogP contribution is 2.34. The predicted molar refractivity (Wildman–Crippen MR) is 115 cm³/mol. The van der Waals surface area contributed by atoms with Crippen molar-refractivity contribution >= 4 is 33.3 Å². The van der Waals surface area contributed by atoms with Gasteiger partial charge >= 0.3 is 5.97 Å². The summed E-state index contributed by atoms with van der Waals surface area (Å²) in [5.41, 5.74) is 2.06. The van der Waals surface area contributed by atoms with E-state index in [2.05, 4.69) is 5.32 Å². The Labute approximate surface area is 174 Å². The lowest BCUT2D eigenvalue weighted by molar-refractivity contribution is -0.135. The third-order valence-corrected chi connectivity index (χ3v) is 6.07. The minimum atomic E-state index is -4.19. The van der Waals surface area contributed by atoms with Gasteiger partial charge in [0.2, 0.25) is 5.91 Å². The SMILES string of the molecule is CC(=O)Nc1ccc(S(=O)(=O)N(CC(=O)O)c2ccccc2-c2ccccc2)cc1. The van der Waals surface area contributed by atoms with E-state index < -0.39 is 22.5 Å². The normalized spacial score (nSPS) is 11.0. The zero-order chi connectivity index (χ0) is 21.7. The quantitative estimate of drug-likeness (QED) is 0.603. The maximum atomic E-state index is 13.4. The minimum absolute atomic E-state index is 0.0827. The molecule has 0 aromatic heterocycles. The number of hydrogen-bond donors (Lipinski definition) is 2. The number of nitrogens with one attached hydrogen (secondary N) is 1. The summed E-state index contributed by atoms with van der Waals surface area (Å²) in [5.74, 6) is -1.56. The molecule has 0 aliphatic heterocycles. The molecule has 0 aliphatic carbocycles. The maximum absolute atomic E-state index is 13.4. The highest BCUT2D eigenvalue weighted by molar-refractivity contribution is 7.92. The van der Waals surface area contributed by atoms with Crippen molar-refractivity contribution in [1.82, 2.24) is 0 Å². The third kappa shape index (κ3) is 4.66. The van der Waals surface area contributed by atoms with Gasteiger partial charge in [-0.2, -0.15) is 0 Å². The number of nitrogens with zero attached hydrogens (tertiary/aromatic N) is 1. The van der Waals surface area contributed by atoms with Crippen LogP contribution in [0.4, 0.5) is 11.4 Å². The lowest BCUT2D eigenvalue weighted by Gasteiger charge is -2.25. The van der Waals surface area contributed by atoms with Crippen LogP contribution in [0, 0.1) is 0 Å². The highest BCUT2D eigenvalue weighted by Gasteiger charge is 2.29. The molecule has 0 saturated carbocycles. The molecule has 0 spiro atoms. The minimum Gasteiger partial charge on any atom is -0.480 e. The van der Waals surface area contributed by atoms with E-state index in [4.69, 9.17) is 0 Å². The Morgan fingerprint density at radius 3 is 2.10 bits per heavy atom. The molecule has 8 heteroatoms. The number of carboxylic acid groups (broad SMARTS) is 1. The molecular formula is C22H20N2O5S. The van der Waals surface area contributed by atoms with E-state index in [1.807, 2.05) is 30.3 Å². The Morgan fingerprint density at radius 2 is 1.50 bits per heavy atom. The van der Waals surface area contributed by atoms with Crippen LogP contribution in [0.15, 0.2) is 83.8 Å². The summed E-state index contributed by atoms with van der Waals surface area (Å²) in [4.78, 5) is 22.6. The molecule has 0 saturated heterocycles. The lowest BCUT2D eigenvalue weighted by atomic mass is 10.0. The summed E-state index contributed by atoms with van der Waals surface area (Å²) in [6, 6.07) is 21.5. The van der Waals surface area contributed by atoms with Gasteiger partial charge in [0, 0.05) is 18.2 Å². The summed E-state index contributed by atoms with van der Waals surface area (Å²) in [5, 5.41) is 12.0. The molecule has 154 valence electrons. The van der Waals surface area contributed by atoms with Crippen molar-refractivity contribution in [2.24, 2.45) is 0 Å². The smallest absolute Gasteiger partial charge is 0.324 e. The van der Waals surface area contributed by atoms with Crippen molar-refractivity contribution in [3.63, 3.8) is 0 Å². The number of carbonyl (C=O) groups is 2. The molecule has 2 N–H and O–H groups in total. The van der Waals surface area contributed by atoms with Crippen molar-refractivity contribution in [2.75, 3.05) is 16.2 Å². The molecule has 0 fully saturated rings. The average Bonchev–Trinajstić information content (AvgIpc) is 2.72. The molecule has 0 bridgehead atoms. The van der Waals surface area contributed by atoms with Crippen molar-refractivity contribution in [3.8, 4) is 11.1 Å². The van der Waals surface area contributed by atoms with Crippen LogP contribution in [0.1, 0.15) is 6.92 Å². The van der Waals surface area contributed by atoms with E-state index in [9.17, 15) is 23.1 Å². The largest absolute Gasteiger partial charge is 0.480 e. The number of hydrogen-bond acceptors (Lipinski definition) is 4. The molecule has 1 amide bonds. The zero-order valence-corrected chi connectivity index (χ0v) is 17.0. The molecule has 30 heavy (non-hydrogen) atoms. The number of aliphatic carboxylic acids is 1. The second-order valence-electron chi connectivity index (χ2n) is 6.49. The number of para-hydroxylation sites is 1. The second-order valence-corrected chi connectivity index (χ2v) is 8.36. The molecule has 0 radical (unpaired) electrons. The fraction of sp³-hybridized carbons (Fsp3) is 0.0909. The van der Waals surface area contributed by atoms with Crippen LogP contribution in [0.25, 0.3) is 11.1 Å². The number of amides is 1. The van der Waals surface area contributed by atoms with Crippen molar-refractivity contribution < 1.29 is 23.1 Å². The number of carboxylic acids is 1. The van der Waals surface area contributed by atoms with Crippen molar-refractivity contribution in [1.29, 1.82) is 0 Å². The monoisotopic (exact) mass is 424 g/mol. The fourth-order valence-corrected chi connectivity index (χ4v) is 4.45. The molecule has 3 aromatic rings. The summed E-state index contributed by atoms with van der Waals surface area (Å²) < 4.78 is 27.6. The lowest BCUT2D eigenvalue weighted by Crippen LogP contribution is -2.36. The van der Waals surface area contributed by atoms with Crippen LogP contribution in [0.5, 0.6) is 0 Å². The first-order valence-corrected chi connectivity index (χ1v) is 10.5. The average molecular weight is 424 g/mol. The summed E-state index contributed by atoms with van der Waals surface area (Å²) in [6.45, 7) is 0.611. The summed E-state index contributed by atoms with van der Waals surface area (Å²) >= 11 is 0. The van der Waals surface area contributed by atoms with Crippen LogP contribution < -0.4 is 9.62 Å². The van der Waals surface area contributed by atoms with Gasteiger partial charge in [-0.3, -0.25) is 13.9 Å². The van der Waals surface area contributed by atoms with Crippen molar-refractivity contribution in [3.05, 3.63) is 78.9 Å².